The first-order valence-corrected chi connectivity index (χ1v) is 10.7. The Balaban J connectivity index is 1.75. The Hall–Kier alpha value is -2.62. The van der Waals surface area contributed by atoms with E-state index in [9.17, 15) is 19.2 Å². The van der Waals surface area contributed by atoms with E-state index in [2.05, 4.69) is 16.0 Å². The minimum atomic E-state index is -0.860. The predicted molar refractivity (Wildman–Crippen MR) is 109 cm³/mol. The van der Waals surface area contributed by atoms with Crippen molar-refractivity contribution in [2.75, 3.05) is 26.2 Å². The molecule has 5 amide bonds. The van der Waals surface area contributed by atoms with Crippen LogP contribution in [0.2, 0.25) is 0 Å². The van der Waals surface area contributed by atoms with Crippen molar-refractivity contribution in [3.8, 4) is 0 Å². The molecular weight excluding hydrogens is 394 g/mol. The Morgan fingerprint density at radius 2 is 2.07 bits per heavy atom. The number of hydrogen-bond acceptors (Lipinski definition) is 5. The average molecular weight is 422 g/mol. The number of piperidine rings is 1. The standard InChI is InChI=1S/C19H27N5O4S/c1-12(2)21-19(28)24-9-8-23(18(27)15-6-4-10-29-15)11-14(24)17(26)22-13-5-3-7-20-16(13)25/h4,6,10,12-14H,3,5,7-9,11H2,1-2H3,(H,20,25)(H,21,28)(H,22,26)/t13-,14-/m0/s1. The summed E-state index contributed by atoms with van der Waals surface area (Å²) in [6, 6.07) is 1.64. The fourth-order valence-corrected chi connectivity index (χ4v) is 4.19. The SMILES string of the molecule is CC(C)NC(=O)N1CCN(C(=O)c2cccs2)C[C@H]1C(=O)N[C@H]1CCCNC1=O. The fraction of sp³-hybridized carbons (Fsp3) is 0.579. The van der Waals surface area contributed by atoms with Gasteiger partial charge in [0.25, 0.3) is 5.91 Å². The van der Waals surface area contributed by atoms with E-state index in [1.165, 1.54) is 16.2 Å². The van der Waals surface area contributed by atoms with Gasteiger partial charge >= 0.3 is 6.03 Å². The number of carbonyl (C=O) groups is 4. The van der Waals surface area contributed by atoms with E-state index in [1.807, 2.05) is 19.2 Å². The van der Waals surface area contributed by atoms with E-state index in [1.54, 1.807) is 17.0 Å². The van der Waals surface area contributed by atoms with Gasteiger partial charge in [-0.3, -0.25) is 14.4 Å². The van der Waals surface area contributed by atoms with E-state index in [4.69, 9.17) is 0 Å². The first kappa shape index (κ1) is 21.1. The number of piperazine rings is 1. The number of urea groups is 1. The van der Waals surface area contributed by atoms with Gasteiger partial charge in [0.2, 0.25) is 11.8 Å². The van der Waals surface area contributed by atoms with Gasteiger partial charge in [-0.15, -0.1) is 11.3 Å². The molecule has 0 spiro atoms. The molecule has 0 radical (unpaired) electrons. The fourth-order valence-electron chi connectivity index (χ4n) is 3.50. The lowest BCUT2D eigenvalue weighted by Crippen LogP contribution is -2.65. The van der Waals surface area contributed by atoms with E-state index >= 15 is 0 Å². The zero-order valence-electron chi connectivity index (χ0n) is 16.6. The lowest BCUT2D eigenvalue weighted by Gasteiger charge is -2.41. The summed E-state index contributed by atoms with van der Waals surface area (Å²) in [4.78, 5) is 54.1. The normalized spacial score (nSPS) is 22.2. The molecule has 10 heteroatoms. The van der Waals surface area contributed by atoms with E-state index < -0.39 is 18.0 Å². The number of nitrogens with zero attached hydrogens (tertiary/aromatic N) is 2. The van der Waals surface area contributed by atoms with Crippen LogP contribution in [-0.4, -0.2) is 77.9 Å². The highest BCUT2D eigenvalue weighted by Crippen LogP contribution is 2.18. The lowest BCUT2D eigenvalue weighted by atomic mass is 10.1. The van der Waals surface area contributed by atoms with Gasteiger partial charge in [-0.05, 0) is 38.1 Å². The molecule has 2 aliphatic rings. The van der Waals surface area contributed by atoms with E-state index in [-0.39, 0.29) is 37.0 Å². The second-order valence-electron chi connectivity index (χ2n) is 7.54. The number of rotatable bonds is 4. The molecule has 9 nitrogen and oxygen atoms in total. The first-order chi connectivity index (χ1) is 13.9. The minimum Gasteiger partial charge on any atom is -0.354 e. The Morgan fingerprint density at radius 3 is 2.72 bits per heavy atom. The summed E-state index contributed by atoms with van der Waals surface area (Å²) < 4.78 is 0. The summed E-state index contributed by atoms with van der Waals surface area (Å²) in [6.45, 7) is 4.95. The number of carbonyl (C=O) groups excluding carboxylic acids is 4. The number of thiophene rings is 1. The lowest BCUT2D eigenvalue weighted by molar-refractivity contribution is -0.133. The number of nitrogens with one attached hydrogen (secondary N) is 3. The smallest absolute Gasteiger partial charge is 0.318 e. The molecule has 1 aromatic rings. The molecule has 2 aliphatic heterocycles. The molecule has 3 rings (SSSR count). The van der Waals surface area contributed by atoms with Gasteiger partial charge in [-0.25, -0.2) is 4.79 Å². The van der Waals surface area contributed by atoms with E-state index in [0.29, 0.717) is 24.4 Å². The highest BCUT2D eigenvalue weighted by atomic mass is 32.1. The Kier molecular flexibility index (Phi) is 6.73. The predicted octanol–water partition coefficient (Wildman–Crippen LogP) is 0.387. The Labute approximate surface area is 173 Å². The molecule has 0 saturated carbocycles. The summed E-state index contributed by atoms with van der Waals surface area (Å²) in [5.74, 6) is -0.795. The third-order valence-corrected chi connectivity index (χ3v) is 5.83. The van der Waals surface area contributed by atoms with Crippen molar-refractivity contribution in [1.29, 1.82) is 0 Å². The maximum atomic E-state index is 13.0. The molecule has 1 aromatic heterocycles. The van der Waals surface area contributed by atoms with Crippen molar-refractivity contribution in [3.05, 3.63) is 22.4 Å². The summed E-state index contributed by atoms with van der Waals surface area (Å²) in [5.41, 5.74) is 0. The van der Waals surface area contributed by atoms with Crippen LogP contribution in [0.15, 0.2) is 17.5 Å². The minimum absolute atomic E-state index is 0.0823. The van der Waals surface area contributed by atoms with Gasteiger partial charge in [0.05, 0.1) is 11.4 Å². The van der Waals surface area contributed by atoms with Crippen LogP contribution in [-0.2, 0) is 9.59 Å². The van der Waals surface area contributed by atoms with Gasteiger partial charge in [0, 0.05) is 25.7 Å². The van der Waals surface area contributed by atoms with Gasteiger partial charge < -0.3 is 25.8 Å². The molecule has 0 aromatic carbocycles. The van der Waals surface area contributed by atoms with Crippen LogP contribution in [0.25, 0.3) is 0 Å². The summed E-state index contributed by atoms with van der Waals surface area (Å²) in [6.07, 6.45) is 1.34. The van der Waals surface area contributed by atoms with Crippen LogP contribution in [0.3, 0.4) is 0 Å². The van der Waals surface area contributed by atoms with Crippen LogP contribution >= 0.6 is 11.3 Å². The molecule has 3 N–H and O–H groups in total. The molecule has 0 aliphatic carbocycles. The highest BCUT2D eigenvalue weighted by Gasteiger charge is 2.39. The molecule has 2 fully saturated rings. The van der Waals surface area contributed by atoms with E-state index in [0.717, 1.165) is 6.42 Å². The first-order valence-electron chi connectivity index (χ1n) is 9.85. The van der Waals surface area contributed by atoms with Crippen LogP contribution < -0.4 is 16.0 Å². The van der Waals surface area contributed by atoms with Crippen LogP contribution in [0.5, 0.6) is 0 Å². The monoisotopic (exact) mass is 421 g/mol. The molecule has 0 unspecified atom stereocenters. The van der Waals surface area contributed by atoms with Gasteiger partial charge in [0.15, 0.2) is 0 Å². The van der Waals surface area contributed by atoms with Crippen LogP contribution in [0, 0.1) is 0 Å². The molecule has 3 heterocycles. The Bertz CT molecular complexity index is 767. The van der Waals surface area contributed by atoms with Crippen molar-refractivity contribution in [2.45, 2.75) is 44.8 Å². The maximum Gasteiger partial charge on any atom is 0.318 e. The average Bonchev–Trinajstić information content (AvgIpc) is 3.23. The number of hydrogen-bond donors (Lipinski definition) is 3. The third kappa shape index (κ3) is 5.06. The summed E-state index contributed by atoms with van der Waals surface area (Å²) >= 11 is 1.34. The molecule has 158 valence electrons. The summed E-state index contributed by atoms with van der Waals surface area (Å²) in [5, 5.41) is 10.1. The van der Waals surface area contributed by atoms with Gasteiger partial charge in [0.1, 0.15) is 12.1 Å². The second kappa shape index (κ2) is 9.25. The van der Waals surface area contributed by atoms with Crippen molar-refractivity contribution < 1.29 is 19.2 Å². The third-order valence-electron chi connectivity index (χ3n) is 4.98. The van der Waals surface area contributed by atoms with Crippen molar-refractivity contribution in [3.63, 3.8) is 0 Å². The zero-order valence-corrected chi connectivity index (χ0v) is 17.5. The highest BCUT2D eigenvalue weighted by molar-refractivity contribution is 7.12. The van der Waals surface area contributed by atoms with Crippen molar-refractivity contribution in [1.82, 2.24) is 25.8 Å². The summed E-state index contributed by atoms with van der Waals surface area (Å²) in [7, 11) is 0. The molecular formula is C19H27N5O4S. The molecule has 29 heavy (non-hydrogen) atoms. The topological polar surface area (TPSA) is 111 Å². The van der Waals surface area contributed by atoms with Gasteiger partial charge in [-0.1, -0.05) is 6.07 Å². The van der Waals surface area contributed by atoms with Crippen molar-refractivity contribution >= 4 is 35.1 Å². The Morgan fingerprint density at radius 1 is 1.28 bits per heavy atom. The maximum absolute atomic E-state index is 13.0. The zero-order chi connectivity index (χ0) is 21.0. The quantitative estimate of drug-likeness (QED) is 0.653. The molecule has 0 bridgehead atoms. The van der Waals surface area contributed by atoms with Gasteiger partial charge in [-0.2, -0.15) is 0 Å². The van der Waals surface area contributed by atoms with Crippen LogP contribution in [0.4, 0.5) is 4.79 Å². The van der Waals surface area contributed by atoms with Crippen LogP contribution in [0.1, 0.15) is 36.4 Å². The van der Waals surface area contributed by atoms with Crippen molar-refractivity contribution in [2.24, 2.45) is 0 Å². The second-order valence-corrected chi connectivity index (χ2v) is 8.48. The number of amides is 5. The molecule has 2 saturated heterocycles. The largest absolute Gasteiger partial charge is 0.354 e. The molecule has 2 atom stereocenters.